The Hall–Kier alpha value is -2.54. The van der Waals surface area contributed by atoms with Crippen molar-refractivity contribution in [1.82, 2.24) is 25.3 Å². The molecule has 2 aliphatic heterocycles. The standard InChI is InChI=1S/C21H28N6O/c1-2-16-11-25-21(26-12-16)27-9-5-17(6-10-27)15-28-20-14-23-19(13-24-20)18-3-7-22-8-4-18/h3,11-14,17,22H,2,4-10,15H2,1H3. The number of ether oxygens (including phenoxy) is 1. The Morgan fingerprint density at radius 1 is 1.07 bits per heavy atom. The number of hydrogen-bond donors (Lipinski definition) is 1. The number of anilines is 1. The Labute approximate surface area is 166 Å². The second-order valence-corrected chi connectivity index (χ2v) is 7.41. The van der Waals surface area contributed by atoms with Crippen LogP contribution < -0.4 is 15.0 Å². The van der Waals surface area contributed by atoms with Crippen LogP contribution in [0.2, 0.25) is 0 Å². The lowest BCUT2D eigenvalue weighted by Gasteiger charge is -2.31. The quantitative estimate of drug-likeness (QED) is 0.825. The van der Waals surface area contributed by atoms with Crippen LogP contribution in [-0.4, -0.2) is 52.7 Å². The molecule has 0 amide bonds. The third-order valence-electron chi connectivity index (χ3n) is 5.49. The predicted octanol–water partition coefficient (Wildman–Crippen LogP) is 2.50. The van der Waals surface area contributed by atoms with Crippen LogP contribution in [-0.2, 0) is 6.42 Å². The Morgan fingerprint density at radius 2 is 1.89 bits per heavy atom. The lowest BCUT2D eigenvalue weighted by atomic mass is 9.98. The molecule has 0 aromatic carbocycles. The summed E-state index contributed by atoms with van der Waals surface area (Å²) in [6.07, 6.45) is 13.7. The van der Waals surface area contributed by atoms with Crippen LogP contribution in [0.4, 0.5) is 5.95 Å². The molecule has 0 saturated carbocycles. The number of nitrogens with one attached hydrogen (secondary N) is 1. The van der Waals surface area contributed by atoms with Gasteiger partial charge in [-0.3, -0.25) is 0 Å². The summed E-state index contributed by atoms with van der Waals surface area (Å²) in [7, 11) is 0. The fourth-order valence-electron chi connectivity index (χ4n) is 3.61. The second kappa shape index (κ2) is 9.10. The van der Waals surface area contributed by atoms with Gasteiger partial charge in [-0.25, -0.2) is 19.9 Å². The molecule has 1 saturated heterocycles. The number of nitrogens with zero attached hydrogens (tertiary/aromatic N) is 5. The lowest BCUT2D eigenvalue weighted by molar-refractivity contribution is 0.215. The average Bonchev–Trinajstić information content (AvgIpc) is 2.79. The first-order chi connectivity index (χ1) is 13.8. The maximum absolute atomic E-state index is 5.90. The highest BCUT2D eigenvalue weighted by Gasteiger charge is 2.21. The van der Waals surface area contributed by atoms with Gasteiger partial charge >= 0.3 is 0 Å². The minimum Gasteiger partial charge on any atom is -0.476 e. The summed E-state index contributed by atoms with van der Waals surface area (Å²) in [6.45, 7) is 6.63. The van der Waals surface area contributed by atoms with Crippen molar-refractivity contribution >= 4 is 11.5 Å². The van der Waals surface area contributed by atoms with Crippen LogP contribution in [0.15, 0.2) is 30.9 Å². The zero-order chi connectivity index (χ0) is 19.2. The molecule has 1 N–H and O–H groups in total. The first kappa shape index (κ1) is 18.8. The van der Waals surface area contributed by atoms with Crippen molar-refractivity contribution in [2.45, 2.75) is 32.6 Å². The Balaban J connectivity index is 1.24. The number of aryl methyl sites for hydroxylation is 1. The van der Waals surface area contributed by atoms with Gasteiger partial charge in [0.2, 0.25) is 11.8 Å². The Bertz CT molecular complexity index is 782. The maximum atomic E-state index is 5.90. The van der Waals surface area contributed by atoms with Gasteiger partial charge in [0, 0.05) is 32.0 Å². The first-order valence-corrected chi connectivity index (χ1v) is 10.2. The van der Waals surface area contributed by atoms with Crippen molar-refractivity contribution in [3.63, 3.8) is 0 Å². The van der Waals surface area contributed by atoms with Crippen LogP contribution >= 0.6 is 0 Å². The molecule has 7 heteroatoms. The molecule has 148 valence electrons. The summed E-state index contributed by atoms with van der Waals surface area (Å²) in [6, 6.07) is 0. The van der Waals surface area contributed by atoms with Crippen LogP contribution in [0.25, 0.3) is 5.57 Å². The molecule has 0 atom stereocenters. The van der Waals surface area contributed by atoms with E-state index in [9.17, 15) is 0 Å². The van der Waals surface area contributed by atoms with E-state index in [1.165, 1.54) is 11.1 Å². The second-order valence-electron chi connectivity index (χ2n) is 7.41. The van der Waals surface area contributed by atoms with Crippen molar-refractivity contribution in [3.8, 4) is 5.88 Å². The molecule has 0 unspecified atom stereocenters. The van der Waals surface area contributed by atoms with Gasteiger partial charge in [-0.2, -0.15) is 0 Å². The van der Waals surface area contributed by atoms with Gasteiger partial charge in [0.15, 0.2) is 0 Å². The molecule has 1 fully saturated rings. The maximum Gasteiger partial charge on any atom is 0.232 e. The van der Waals surface area contributed by atoms with Crippen molar-refractivity contribution < 1.29 is 4.74 Å². The highest BCUT2D eigenvalue weighted by atomic mass is 16.5. The smallest absolute Gasteiger partial charge is 0.232 e. The molecule has 0 spiro atoms. The zero-order valence-corrected chi connectivity index (χ0v) is 16.5. The monoisotopic (exact) mass is 380 g/mol. The van der Waals surface area contributed by atoms with Gasteiger partial charge in [0.05, 0.1) is 24.7 Å². The van der Waals surface area contributed by atoms with Crippen molar-refractivity contribution in [2.24, 2.45) is 5.92 Å². The average molecular weight is 380 g/mol. The van der Waals surface area contributed by atoms with Crippen LogP contribution in [0, 0.1) is 5.92 Å². The van der Waals surface area contributed by atoms with Crippen molar-refractivity contribution in [1.29, 1.82) is 0 Å². The van der Waals surface area contributed by atoms with Gasteiger partial charge in [-0.15, -0.1) is 0 Å². The van der Waals surface area contributed by atoms with Gasteiger partial charge in [-0.05, 0) is 49.3 Å². The summed E-state index contributed by atoms with van der Waals surface area (Å²) in [5, 5.41) is 3.31. The van der Waals surface area contributed by atoms with Crippen molar-refractivity contribution in [3.05, 3.63) is 42.1 Å². The minimum atomic E-state index is 0.528. The number of rotatable bonds is 6. The third kappa shape index (κ3) is 4.65. The predicted molar refractivity (Wildman–Crippen MR) is 109 cm³/mol. The highest BCUT2D eigenvalue weighted by Crippen LogP contribution is 2.22. The fourth-order valence-corrected chi connectivity index (χ4v) is 3.61. The third-order valence-corrected chi connectivity index (χ3v) is 5.49. The number of hydrogen-bond acceptors (Lipinski definition) is 7. The molecule has 2 aromatic rings. The van der Waals surface area contributed by atoms with E-state index in [1.54, 1.807) is 6.20 Å². The van der Waals surface area contributed by atoms with Gasteiger partial charge in [0.25, 0.3) is 0 Å². The topological polar surface area (TPSA) is 76.1 Å². The molecule has 0 aliphatic carbocycles. The van der Waals surface area contributed by atoms with Gasteiger partial charge in [-0.1, -0.05) is 13.0 Å². The molecule has 2 aliphatic rings. The fraction of sp³-hybridized carbons (Fsp3) is 0.524. The summed E-state index contributed by atoms with van der Waals surface area (Å²) in [5.74, 6) is 1.98. The number of aromatic nitrogens is 4. The summed E-state index contributed by atoms with van der Waals surface area (Å²) < 4.78 is 5.90. The van der Waals surface area contributed by atoms with E-state index in [1.807, 2.05) is 18.6 Å². The van der Waals surface area contributed by atoms with Gasteiger partial charge < -0.3 is 15.0 Å². The van der Waals surface area contributed by atoms with Gasteiger partial charge in [0.1, 0.15) is 0 Å². The minimum absolute atomic E-state index is 0.528. The molecule has 0 radical (unpaired) electrons. The molecule has 4 heterocycles. The van der Waals surface area contributed by atoms with E-state index in [-0.39, 0.29) is 0 Å². The van der Waals surface area contributed by atoms with E-state index in [0.29, 0.717) is 18.4 Å². The molecular formula is C21H28N6O. The molecule has 7 nitrogen and oxygen atoms in total. The number of piperidine rings is 1. The van der Waals surface area contributed by atoms with Crippen LogP contribution in [0.5, 0.6) is 5.88 Å². The van der Waals surface area contributed by atoms with E-state index >= 15 is 0 Å². The van der Waals surface area contributed by atoms with Crippen LogP contribution in [0.1, 0.15) is 37.4 Å². The zero-order valence-electron chi connectivity index (χ0n) is 16.5. The lowest BCUT2D eigenvalue weighted by Crippen LogP contribution is -2.36. The Morgan fingerprint density at radius 3 is 2.54 bits per heavy atom. The highest BCUT2D eigenvalue weighted by molar-refractivity contribution is 5.63. The largest absolute Gasteiger partial charge is 0.476 e. The SMILES string of the molecule is CCc1cnc(N2CCC(COc3cnc(C4=CCNCC4)cn3)CC2)nc1. The summed E-state index contributed by atoms with van der Waals surface area (Å²) in [4.78, 5) is 20.2. The molecule has 2 aromatic heterocycles. The Kier molecular flexibility index (Phi) is 6.11. The van der Waals surface area contributed by atoms with Crippen molar-refractivity contribution in [2.75, 3.05) is 37.7 Å². The molecule has 28 heavy (non-hydrogen) atoms. The molecule has 4 rings (SSSR count). The van der Waals surface area contributed by atoms with Crippen LogP contribution in [0.3, 0.4) is 0 Å². The van der Waals surface area contributed by atoms with E-state index in [2.05, 4.69) is 43.2 Å². The van der Waals surface area contributed by atoms with E-state index in [4.69, 9.17) is 4.74 Å². The first-order valence-electron chi connectivity index (χ1n) is 10.2. The van der Waals surface area contributed by atoms with E-state index in [0.717, 1.165) is 63.5 Å². The normalized spacial score (nSPS) is 18.0. The van der Waals surface area contributed by atoms with E-state index < -0.39 is 0 Å². The molecule has 0 bridgehead atoms. The summed E-state index contributed by atoms with van der Waals surface area (Å²) >= 11 is 0. The molecular weight excluding hydrogens is 352 g/mol. The summed E-state index contributed by atoms with van der Waals surface area (Å²) in [5.41, 5.74) is 3.39.